The number of phenols is 1. The first kappa shape index (κ1) is 31.2. The van der Waals surface area contributed by atoms with Crippen molar-refractivity contribution in [2.75, 3.05) is 38.1 Å². The van der Waals surface area contributed by atoms with Gasteiger partial charge in [0.1, 0.15) is 35.8 Å². The van der Waals surface area contributed by atoms with E-state index in [1.807, 2.05) is 0 Å². The van der Waals surface area contributed by atoms with Gasteiger partial charge in [0.25, 0.3) is 0 Å². The molecule has 1 heterocycles. The number of sulfonamides is 1. The summed E-state index contributed by atoms with van der Waals surface area (Å²) in [6, 6.07) is 14.5. The Hall–Kier alpha value is -3.78. The number of benzene rings is 3. The van der Waals surface area contributed by atoms with Gasteiger partial charge in [0.2, 0.25) is 10.0 Å². The first-order valence-electron chi connectivity index (χ1n) is 13.5. The van der Waals surface area contributed by atoms with Crippen molar-refractivity contribution in [1.29, 1.82) is 0 Å². The van der Waals surface area contributed by atoms with Crippen molar-refractivity contribution in [3.8, 4) is 11.5 Å². The van der Waals surface area contributed by atoms with E-state index in [1.165, 1.54) is 46.8 Å². The number of rotatable bonds is 12. The van der Waals surface area contributed by atoms with Crippen LogP contribution >= 0.6 is 0 Å². The van der Waals surface area contributed by atoms with Gasteiger partial charge in [0.05, 0.1) is 4.90 Å². The summed E-state index contributed by atoms with van der Waals surface area (Å²) in [5.41, 5.74) is 0.480. The molecule has 0 radical (unpaired) electrons. The Morgan fingerprint density at radius 1 is 1.02 bits per heavy atom. The van der Waals surface area contributed by atoms with E-state index in [1.54, 1.807) is 12.1 Å². The quantitative estimate of drug-likeness (QED) is 0.213. The molecule has 1 aliphatic rings. The molecular weight excluding hydrogens is 570 g/mol. The van der Waals surface area contributed by atoms with Crippen molar-refractivity contribution in [3.05, 3.63) is 83.9 Å². The summed E-state index contributed by atoms with van der Waals surface area (Å²) in [6.07, 6.45) is 0.613. The Kier molecular flexibility index (Phi) is 10.7. The van der Waals surface area contributed by atoms with Crippen molar-refractivity contribution >= 4 is 21.7 Å². The molecular formula is C29H34F2N4O6S. The van der Waals surface area contributed by atoms with Crippen LogP contribution in [0.2, 0.25) is 0 Å². The average Bonchev–Trinajstić information content (AvgIpc) is 2.97. The molecule has 1 saturated heterocycles. The molecule has 2 amide bonds. The zero-order valence-electron chi connectivity index (χ0n) is 22.8. The molecule has 5 N–H and O–H groups in total. The van der Waals surface area contributed by atoms with Crippen molar-refractivity contribution in [1.82, 2.24) is 14.9 Å². The van der Waals surface area contributed by atoms with Gasteiger partial charge in [0, 0.05) is 43.5 Å². The molecule has 42 heavy (non-hydrogen) atoms. The number of hydrogen-bond donors (Lipinski definition) is 5. The Balaban J connectivity index is 1.17. The summed E-state index contributed by atoms with van der Waals surface area (Å²) in [5, 5.41) is 27.7. The minimum Gasteiger partial charge on any atom is -0.508 e. The number of ether oxygens (including phenoxy) is 1. The van der Waals surface area contributed by atoms with E-state index in [2.05, 4.69) is 16.0 Å². The summed E-state index contributed by atoms with van der Waals surface area (Å²) in [6.45, 7) is 1.65. The van der Waals surface area contributed by atoms with Gasteiger partial charge in [-0.15, -0.1) is 0 Å². The fourth-order valence-electron chi connectivity index (χ4n) is 4.48. The lowest BCUT2D eigenvalue weighted by atomic mass is 9.98. The minimum absolute atomic E-state index is 0.101. The van der Waals surface area contributed by atoms with E-state index >= 15 is 0 Å². The highest BCUT2D eigenvalue weighted by atomic mass is 32.2. The molecule has 3 aromatic carbocycles. The second-order valence-electron chi connectivity index (χ2n) is 10.0. The molecule has 1 atom stereocenters. The molecule has 0 aromatic heterocycles. The highest BCUT2D eigenvalue weighted by Crippen LogP contribution is 2.24. The van der Waals surface area contributed by atoms with E-state index in [-0.39, 0.29) is 35.3 Å². The molecule has 226 valence electrons. The van der Waals surface area contributed by atoms with Gasteiger partial charge in [0.15, 0.2) is 0 Å². The third kappa shape index (κ3) is 8.86. The van der Waals surface area contributed by atoms with Crippen molar-refractivity contribution in [2.45, 2.75) is 30.4 Å². The summed E-state index contributed by atoms with van der Waals surface area (Å²) in [4.78, 5) is 12.3. The number of piperidine rings is 1. The zero-order chi connectivity index (χ0) is 30.1. The normalized spacial score (nSPS) is 15.2. The van der Waals surface area contributed by atoms with Crippen LogP contribution in [0.5, 0.6) is 11.5 Å². The second kappa shape index (κ2) is 14.4. The lowest BCUT2D eigenvalue weighted by molar-refractivity contribution is 0.104. The minimum atomic E-state index is -3.72. The maximum atomic E-state index is 13.7. The molecule has 0 unspecified atom stereocenters. The van der Waals surface area contributed by atoms with Crippen LogP contribution < -0.4 is 20.7 Å². The topological polar surface area (TPSA) is 140 Å². The number of nitrogens with one attached hydrogen (secondary N) is 3. The highest BCUT2D eigenvalue weighted by Gasteiger charge is 2.29. The second-order valence-corrected chi connectivity index (χ2v) is 12.0. The number of nitrogens with zero attached hydrogens (tertiary/aromatic N) is 1. The number of phenolic OH excluding ortho intramolecular Hbond substituents is 1. The molecule has 4 rings (SSSR count). The maximum absolute atomic E-state index is 13.7. The van der Waals surface area contributed by atoms with Gasteiger partial charge in [-0.2, -0.15) is 4.31 Å². The van der Waals surface area contributed by atoms with E-state index in [4.69, 9.17) is 4.74 Å². The zero-order valence-corrected chi connectivity index (χ0v) is 23.6. The smallest absolute Gasteiger partial charge is 0.319 e. The van der Waals surface area contributed by atoms with Gasteiger partial charge >= 0.3 is 6.03 Å². The third-order valence-corrected chi connectivity index (χ3v) is 8.78. The number of aromatic hydroxyl groups is 1. The van der Waals surface area contributed by atoms with E-state index in [0.29, 0.717) is 50.5 Å². The van der Waals surface area contributed by atoms with Crippen molar-refractivity contribution in [2.24, 2.45) is 5.92 Å². The largest absolute Gasteiger partial charge is 0.508 e. The fraction of sp³-hybridized carbons (Fsp3) is 0.345. The predicted molar refractivity (Wildman–Crippen MR) is 153 cm³/mol. The molecule has 3 aromatic rings. The van der Waals surface area contributed by atoms with Gasteiger partial charge in [-0.05, 0) is 79.9 Å². The van der Waals surface area contributed by atoms with E-state index < -0.39 is 33.8 Å². The van der Waals surface area contributed by atoms with Crippen LogP contribution in [0.1, 0.15) is 18.4 Å². The van der Waals surface area contributed by atoms with E-state index in [9.17, 15) is 32.2 Å². The van der Waals surface area contributed by atoms with Crippen LogP contribution in [0.15, 0.2) is 71.6 Å². The number of aliphatic hydroxyl groups excluding tert-OH is 1. The van der Waals surface area contributed by atoms with Crippen LogP contribution in [0.4, 0.5) is 19.3 Å². The molecule has 0 aliphatic carbocycles. The van der Waals surface area contributed by atoms with Crippen molar-refractivity contribution < 1.29 is 36.9 Å². The number of aliphatic hydroxyl groups is 1. The number of carbonyl (C=O) groups is 1. The first-order valence-corrected chi connectivity index (χ1v) is 14.9. The standard InChI is InChI=1S/C29H34F2N4O6S/c30-22-2-1-21(28(31)15-22)17-33-29(38)34-23-3-9-27(10-4-23)42(39,40)35-13-11-20(12-14-35)16-32-18-25(37)19-41-26-7-5-24(36)6-8-26/h1-10,15,20,25,32,36-37H,11-14,16-19H2,(H2,33,34,38)/t25-/m0/s1. The Morgan fingerprint density at radius 3 is 2.38 bits per heavy atom. The summed E-state index contributed by atoms with van der Waals surface area (Å²) in [7, 11) is -3.72. The van der Waals surface area contributed by atoms with E-state index in [0.717, 1.165) is 12.1 Å². The Labute approximate surface area is 243 Å². The predicted octanol–water partition coefficient (Wildman–Crippen LogP) is 3.42. The van der Waals surface area contributed by atoms with Crippen LogP contribution in [-0.2, 0) is 16.6 Å². The summed E-state index contributed by atoms with van der Waals surface area (Å²) in [5.74, 6) is -0.531. The SMILES string of the molecule is O=C(NCc1ccc(F)cc1F)Nc1ccc(S(=O)(=O)N2CCC(CNC[C@H](O)COc3ccc(O)cc3)CC2)cc1. The maximum Gasteiger partial charge on any atom is 0.319 e. The lowest BCUT2D eigenvalue weighted by Crippen LogP contribution is -2.42. The van der Waals surface area contributed by atoms with Crippen molar-refractivity contribution in [3.63, 3.8) is 0 Å². The molecule has 0 saturated carbocycles. The number of urea groups is 1. The lowest BCUT2D eigenvalue weighted by Gasteiger charge is -2.31. The number of anilines is 1. The third-order valence-electron chi connectivity index (χ3n) is 6.87. The molecule has 10 nitrogen and oxygen atoms in total. The molecule has 0 spiro atoms. The molecule has 13 heteroatoms. The Morgan fingerprint density at radius 2 is 1.71 bits per heavy atom. The number of carbonyl (C=O) groups excluding carboxylic acids is 1. The highest BCUT2D eigenvalue weighted by molar-refractivity contribution is 7.89. The van der Waals surface area contributed by atoms with Gasteiger partial charge in [-0.25, -0.2) is 22.0 Å². The number of hydrogen-bond acceptors (Lipinski definition) is 7. The van der Waals surface area contributed by atoms with Gasteiger partial charge in [-0.1, -0.05) is 6.07 Å². The van der Waals surface area contributed by atoms with Crippen LogP contribution in [0.3, 0.4) is 0 Å². The van der Waals surface area contributed by atoms with Gasteiger partial charge in [-0.3, -0.25) is 0 Å². The van der Waals surface area contributed by atoms with Crippen LogP contribution in [-0.4, -0.2) is 67.9 Å². The Bertz CT molecular complexity index is 1430. The van der Waals surface area contributed by atoms with Gasteiger partial charge < -0.3 is 30.9 Å². The summed E-state index contributed by atoms with van der Waals surface area (Å²) >= 11 is 0. The molecule has 1 fully saturated rings. The fourth-order valence-corrected chi connectivity index (χ4v) is 5.95. The molecule has 1 aliphatic heterocycles. The first-order chi connectivity index (χ1) is 20.1. The average molecular weight is 605 g/mol. The number of halogens is 2. The summed E-state index contributed by atoms with van der Waals surface area (Å²) < 4.78 is 60.0. The van der Waals surface area contributed by atoms with Crippen LogP contribution in [0, 0.1) is 17.6 Å². The van der Waals surface area contributed by atoms with Crippen LogP contribution in [0.25, 0.3) is 0 Å². The number of amides is 2. The monoisotopic (exact) mass is 604 g/mol. The molecule has 0 bridgehead atoms.